The van der Waals surface area contributed by atoms with E-state index in [0.717, 1.165) is 68.3 Å². The molecule has 1 N–H and O–H groups in total. The number of carbonyl (C=O) groups excluding carboxylic acids is 1. The van der Waals surface area contributed by atoms with Crippen LogP contribution in [0.25, 0.3) is 0 Å². The van der Waals surface area contributed by atoms with Gasteiger partial charge in [-0.2, -0.15) is 0 Å². The first-order valence-corrected chi connectivity index (χ1v) is 11.4. The van der Waals surface area contributed by atoms with Crippen molar-refractivity contribution in [3.05, 3.63) is 35.0 Å². The number of aromatic nitrogens is 2. The SMILES string of the molecule is COC1CCCC(C(=O)N2CCC(c3cccc(Nc4ncc(C)s4)n3)CC2)C1. The summed E-state index contributed by atoms with van der Waals surface area (Å²) < 4.78 is 5.50. The number of nitrogens with zero attached hydrogens (tertiary/aromatic N) is 3. The Labute approximate surface area is 176 Å². The molecule has 2 aliphatic rings. The quantitative estimate of drug-likeness (QED) is 0.780. The van der Waals surface area contributed by atoms with Crippen molar-refractivity contribution in [1.82, 2.24) is 14.9 Å². The van der Waals surface area contributed by atoms with Crippen LogP contribution in [0.3, 0.4) is 0 Å². The molecule has 1 aliphatic heterocycles. The molecule has 0 spiro atoms. The number of methoxy groups -OCH3 is 1. The largest absolute Gasteiger partial charge is 0.381 e. The van der Waals surface area contributed by atoms with Crippen molar-refractivity contribution >= 4 is 28.2 Å². The Morgan fingerprint density at radius 3 is 2.79 bits per heavy atom. The van der Waals surface area contributed by atoms with Crippen molar-refractivity contribution < 1.29 is 9.53 Å². The number of hydrogen-bond acceptors (Lipinski definition) is 6. The second-order valence-electron chi connectivity index (χ2n) is 8.17. The number of hydrogen-bond donors (Lipinski definition) is 1. The zero-order valence-corrected chi connectivity index (χ0v) is 18.1. The van der Waals surface area contributed by atoms with Gasteiger partial charge in [-0.15, -0.1) is 11.3 Å². The fraction of sp³-hybridized carbons (Fsp3) is 0.591. The molecule has 0 bridgehead atoms. The second kappa shape index (κ2) is 9.22. The monoisotopic (exact) mass is 414 g/mol. The van der Waals surface area contributed by atoms with Crippen LogP contribution in [0.1, 0.15) is 55.0 Å². The predicted octanol–water partition coefficient (Wildman–Crippen LogP) is 4.50. The van der Waals surface area contributed by atoms with Crippen LogP contribution >= 0.6 is 11.3 Å². The second-order valence-corrected chi connectivity index (χ2v) is 9.40. The Balaban J connectivity index is 1.33. The van der Waals surface area contributed by atoms with E-state index in [1.807, 2.05) is 19.2 Å². The molecule has 2 aromatic heterocycles. The summed E-state index contributed by atoms with van der Waals surface area (Å²) in [5.74, 6) is 1.70. The summed E-state index contributed by atoms with van der Waals surface area (Å²) in [6.07, 6.45) is 8.11. The van der Waals surface area contributed by atoms with Crippen molar-refractivity contribution in [3.63, 3.8) is 0 Å². The molecule has 1 aliphatic carbocycles. The number of thiazole rings is 1. The Morgan fingerprint density at radius 2 is 2.07 bits per heavy atom. The molecule has 7 heteroatoms. The molecule has 2 atom stereocenters. The molecule has 1 saturated heterocycles. The van der Waals surface area contributed by atoms with E-state index >= 15 is 0 Å². The molecule has 1 amide bonds. The van der Waals surface area contributed by atoms with E-state index in [0.29, 0.717) is 11.8 Å². The number of ether oxygens (including phenoxy) is 1. The molecule has 0 aromatic carbocycles. The Hall–Kier alpha value is -1.99. The predicted molar refractivity (Wildman–Crippen MR) is 116 cm³/mol. The number of nitrogens with one attached hydrogen (secondary N) is 1. The smallest absolute Gasteiger partial charge is 0.225 e. The Morgan fingerprint density at radius 1 is 1.24 bits per heavy atom. The lowest BCUT2D eigenvalue weighted by Crippen LogP contribution is -2.43. The lowest BCUT2D eigenvalue weighted by molar-refractivity contribution is -0.139. The van der Waals surface area contributed by atoms with Gasteiger partial charge in [-0.3, -0.25) is 4.79 Å². The molecule has 1 saturated carbocycles. The Kier molecular flexibility index (Phi) is 6.45. The third kappa shape index (κ3) is 4.95. The average molecular weight is 415 g/mol. The first-order valence-electron chi connectivity index (χ1n) is 10.6. The van der Waals surface area contributed by atoms with E-state index in [2.05, 4.69) is 27.3 Å². The fourth-order valence-electron chi connectivity index (χ4n) is 4.51. The maximum absolute atomic E-state index is 13.0. The lowest BCUT2D eigenvalue weighted by Gasteiger charge is -2.36. The lowest BCUT2D eigenvalue weighted by atomic mass is 9.85. The zero-order chi connectivity index (χ0) is 20.2. The van der Waals surface area contributed by atoms with Gasteiger partial charge in [0, 0.05) is 48.8 Å². The number of amides is 1. The van der Waals surface area contributed by atoms with E-state index in [4.69, 9.17) is 9.72 Å². The van der Waals surface area contributed by atoms with Gasteiger partial charge in [0.1, 0.15) is 5.82 Å². The number of pyridine rings is 1. The summed E-state index contributed by atoms with van der Waals surface area (Å²) in [6, 6.07) is 6.13. The van der Waals surface area contributed by atoms with Crippen molar-refractivity contribution in [3.8, 4) is 0 Å². The van der Waals surface area contributed by atoms with Gasteiger partial charge >= 0.3 is 0 Å². The molecule has 156 valence electrons. The molecular formula is C22H30N4O2S. The number of rotatable bonds is 5. The molecule has 2 aromatic rings. The van der Waals surface area contributed by atoms with Crippen molar-refractivity contribution in [2.75, 3.05) is 25.5 Å². The van der Waals surface area contributed by atoms with Gasteiger partial charge in [-0.25, -0.2) is 9.97 Å². The minimum atomic E-state index is 0.137. The topological polar surface area (TPSA) is 67.3 Å². The summed E-state index contributed by atoms with van der Waals surface area (Å²) in [4.78, 5) is 25.4. The third-order valence-corrected chi connectivity index (χ3v) is 6.99. The van der Waals surface area contributed by atoms with Crippen LogP contribution in [0, 0.1) is 12.8 Å². The third-order valence-electron chi connectivity index (χ3n) is 6.16. The normalized spacial score (nSPS) is 23.2. The maximum Gasteiger partial charge on any atom is 0.225 e. The number of piperidine rings is 1. The highest BCUT2D eigenvalue weighted by Gasteiger charge is 2.32. The summed E-state index contributed by atoms with van der Waals surface area (Å²) in [6.45, 7) is 3.69. The molecule has 3 heterocycles. The van der Waals surface area contributed by atoms with Crippen molar-refractivity contribution in [1.29, 1.82) is 0 Å². The number of anilines is 2. The van der Waals surface area contributed by atoms with Gasteiger partial charge in [0.2, 0.25) is 5.91 Å². The number of likely N-dealkylation sites (tertiary alicyclic amines) is 1. The van der Waals surface area contributed by atoms with Crippen LogP contribution in [-0.4, -0.2) is 47.1 Å². The highest BCUT2D eigenvalue weighted by atomic mass is 32.1. The highest BCUT2D eigenvalue weighted by Crippen LogP contribution is 2.32. The summed E-state index contributed by atoms with van der Waals surface area (Å²) in [5.41, 5.74) is 1.10. The van der Waals surface area contributed by atoms with Crippen LogP contribution < -0.4 is 5.32 Å². The minimum Gasteiger partial charge on any atom is -0.381 e. The van der Waals surface area contributed by atoms with Crippen molar-refractivity contribution in [2.45, 2.75) is 57.5 Å². The van der Waals surface area contributed by atoms with Crippen LogP contribution in [0.4, 0.5) is 10.9 Å². The summed E-state index contributed by atoms with van der Waals surface area (Å²) in [7, 11) is 1.76. The molecule has 29 heavy (non-hydrogen) atoms. The van der Waals surface area contributed by atoms with Gasteiger partial charge < -0.3 is 15.0 Å². The van der Waals surface area contributed by atoms with Gasteiger partial charge in [0.15, 0.2) is 5.13 Å². The fourth-order valence-corrected chi connectivity index (χ4v) is 5.18. The summed E-state index contributed by atoms with van der Waals surface area (Å²) in [5, 5.41) is 4.17. The number of carbonyl (C=O) groups is 1. The van der Waals surface area contributed by atoms with Crippen LogP contribution in [0.15, 0.2) is 24.4 Å². The van der Waals surface area contributed by atoms with Gasteiger partial charge in [-0.1, -0.05) is 12.5 Å². The van der Waals surface area contributed by atoms with Crippen LogP contribution in [-0.2, 0) is 9.53 Å². The number of aryl methyl sites for hydroxylation is 1. The average Bonchev–Trinajstić information content (AvgIpc) is 3.18. The van der Waals surface area contributed by atoms with E-state index in [-0.39, 0.29) is 12.0 Å². The van der Waals surface area contributed by atoms with E-state index in [1.165, 1.54) is 4.88 Å². The van der Waals surface area contributed by atoms with Crippen LogP contribution in [0.5, 0.6) is 0 Å². The zero-order valence-electron chi connectivity index (χ0n) is 17.3. The first kappa shape index (κ1) is 20.3. The van der Waals surface area contributed by atoms with Crippen LogP contribution in [0.2, 0.25) is 0 Å². The molecule has 6 nitrogen and oxygen atoms in total. The highest BCUT2D eigenvalue weighted by molar-refractivity contribution is 7.15. The van der Waals surface area contributed by atoms with Gasteiger partial charge in [-0.05, 0) is 51.2 Å². The van der Waals surface area contributed by atoms with Gasteiger partial charge in [0.05, 0.1) is 6.10 Å². The molecule has 2 unspecified atom stereocenters. The van der Waals surface area contributed by atoms with E-state index < -0.39 is 0 Å². The molecular weight excluding hydrogens is 384 g/mol. The molecule has 0 radical (unpaired) electrons. The maximum atomic E-state index is 13.0. The minimum absolute atomic E-state index is 0.137. The van der Waals surface area contributed by atoms with E-state index in [9.17, 15) is 4.79 Å². The van der Waals surface area contributed by atoms with E-state index in [1.54, 1.807) is 18.4 Å². The standard InChI is InChI=1S/C22H30N4O2S/c1-15-14-23-22(29-15)25-20-8-4-7-19(24-20)16-9-11-26(12-10-16)21(27)17-5-3-6-18(13-17)28-2/h4,7-8,14,16-18H,3,5-6,9-13H2,1-2H3,(H,23,24,25). The Bertz CT molecular complexity index is 832. The summed E-state index contributed by atoms with van der Waals surface area (Å²) >= 11 is 1.63. The van der Waals surface area contributed by atoms with Gasteiger partial charge in [0.25, 0.3) is 0 Å². The molecule has 4 rings (SSSR count). The molecule has 2 fully saturated rings. The van der Waals surface area contributed by atoms with Crippen molar-refractivity contribution in [2.24, 2.45) is 5.92 Å². The first-order chi connectivity index (χ1) is 14.1.